The van der Waals surface area contributed by atoms with E-state index in [-0.39, 0.29) is 10.6 Å². The molecule has 1 aromatic carbocycles. The van der Waals surface area contributed by atoms with Gasteiger partial charge in [-0.1, -0.05) is 15.9 Å². The average molecular weight is 342 g/mol. The number of benzene rings is 1. The highest BCUT2D eigenvalue weighted by molar-refractivity contribution is 9.10. The number of sulfonamides is 1. The molecule has 7 heteroatoms. The summed E-state index contributed by atoms with van der Waals surface area (Å²) in [6, 6.07) is 8.04. The number of pyridine rings is 1. The van der Waals surface area contributed by atoms with Crippen molar-refractivity contribution in [2.75, 3.05) is 10.5 Å². The summed E-state index contributed by atoms with van der Waals surface area (Å²) in [6.45, 7) is 1.82. The molecule has 0 saturated heterocycles. The van der Waals surface area contributed by atoms with E-state index in [1.807, 2.05) is 6.92 Å². The number of aryl methyl sites for hydroxylation is 1. The van der Waals surface area contributed by atoms with Crippen LogP contribution >= 0.6 is 15.9 Å². The number of halogens is 1. The van der Waals surface area contributed by atoms with E-state index in [1.165, 1.54) is 18.3 Å². The standard InChI is InChI=1S/C12H12BrN3O2S/c1-8-2-4-10(7-15-8)16-19(17,18)12-6-9(13)3-5-11(12)14/h2-7,16H,14H2,1H3. The molecular weight excluding hydrogens is 330 g/mol. The van der Waals surface area contributed by atoms with E-state index in [9.17, 15) is 8.42 Å². The fraction of sp³-hybridized carbons (Fsp3) is 0.0833. The van der Waals surface area contributed by atoms with Crippen LogP contribution in [0.5, 0.6) is 0 Å². The molecule has 1 aromatic heterocycles. The van der Waals surface area contributed by atoms with E-state index in [2.05, 4.69) is 25.6 Å². The Morgan fingerprint density at radius 1 is 1.26 bits per heavy atom. The number of anilines is 2. The lowest BCUT2D eigenvalue weighted by Gasteiger charge is -2.10. The van der Waals surface area contributed by atoms with E-state index >= 15 is 0 Å². The van der Waals surface area contributed by atoms with Gasteiger partial charge in [0.15, 0.2) is 0 Å². The Morgan fingerprint density at radius 2 is 2.00 bits per heavy atom. The lowest BCUT2D eigenvalue weighted by molar-refractivity contribution is 0.601. The van der Waals surface area contributed by atoms with Crippen LogP contribution in [-0.2, 0) is 10.0 Å². The summed E-state index contributed by atoms with van der Waals surface area (Å²) in [5.41, 5.74) is 7.09. The van der Waals surface area contributed by atoms with E-state index in [1.54, 1.807) is 18.2 Å². The van der Waals surface area contributed by atoms with Crippen LogP contribution in [0.15, 0.2) is 45.9 Å². The van der Waals surface area contributed by atoms with Gasteiger partial charge in [0.2, 0.25) is 0 Å². The predicted octanol–water partition coefficient (Wildman–Crippen LogP) is 2.54. The van der Waals surface area contributed by atoms with Crippen LogP contribution in [0.2, 0.25) is 0 Å². The van der Waals surface area contributed by atoms with Gasteiger partial charge in [-0.3, -0.25) is 9.71 Å². The van der Waals surface area contributed by atoms with Gasteiger partial charge in [0, 0.05) is 10.2 Å². The van der Waals surface area contributed by atoms with Gasteiger partial charge < -0.3 is 5.73 Å². The van der Waals surface area contributed by atoms with Gasteiger partial charge in [-0.15, -0.1) is 0 Å². The van der Waals surface area contributed by atoms with E-state index in [4.69, 9.17) is 5.73 Å². The highest BCUT2D eigenvalue weighted by Gasteiger charge is 2.18. The molecule has 0 fully saturated rings. The van der Waals surface area contributed by atoms with Gasteiger partial charge in [-0.05, 0) is 37.3 Å². The molecule has 0 amide bonds. The minimum atomic E-state index is -3.72. The highest BCUT2D eigenvalue weighted by atomic mass is 79.9. The van der Waals surface area contributed by atoms with Gasteiger partial charge in [0.05, 0.1) is 17.6 Å². The number of hydrogen-bond donors (Lipinski definition) is 2. The predicted molar refractivity (Wildman–Crippen MR) is 78.3 cm³/mol. The minimum absolute atomic E-state index is 0.0300. The molecule has 0 saturated carbocycles. The minimum Gasteiger partial charge on any atom is -0.398 e. The largest absolute Gasteiger partial charge is 0.398 e. The fourth-order valence-corrected chi connectivity index (χ4v) is 3.19. The molecule has 0 aliphatic heterocycles. The molecular formula is C12H12BrN3O2S. The van der Waals surface area contributed by atoms with Crippen molar-refractivity contribution >= 4 is 37.3 Å². The van der Waals surface area contributed by atoms with Crippen LogP contribution in [0.4, 0.5) is 11.4 Å². The Labute approximate surface area is 120 Å². The second-order valence-corrected chi connectivity index (χ2v) is 6.54. The first kappa shape index (κ1) is 13.8. The first-order valence-corrected chi connectivity index (χ1v) is 7.66. The Balaban J connectivity index is 2.37. The molecule has 0 spiro atoms. The average Bonchev–Trinajstić information content (AvgIpc) is 2.35. The number of nitrogens with one attached hydrogen (secondary N) is 1. The van der Waals surface area contributed by atoms with Gasteiger partial charge in [-0.2, -0.15) is 0 Å². The quantitative estimate of drug-likeness (QED) is 0.840. The fourth-order valence-electron chi connectivity index (χ4n) is 1.48. The summed E-state index contributed by atoms with van der Waals surface area (Å²) in [7, 11) is -3.72. The topological polar surface area (TPSA) is 85.1 Å². The molecule has 1 heterocycles. The van der Waals surface area contributed by atoms with Gasteiger partial charge in [-0.25, -0.2) is 8.42 Å². The lowest BCUT2D eigenvalue weighted by Crippen LogP contribution is -2.15. The smallest absolute Gasteiger partial charge is 0.264 e. The van der Waals surface area contributed by atoms with E-state index < -0.39 is 10.0 Å². The summed E-state index contributed by atoms with van der Waals surface area (Å²) in [5, 5.41) is 0. The number of hydrogen-bond acceptors (Lipinski definition) is 4. The van der Waals surface area contributed by atoms with Crippen molar-refractivity contribution in [3.05, 3.63) is 46.7 Å². The first-order chi connectivity index (χ1) is 8.88. The molecule has 19 heavy (non-hydrogen) atoms. The zero-order valence-electron chi connectivity index (χ0n) is 10.1. The zero-order valence-corrected chi connectivity index (χ0v) is 12.5. The third-order valence-electron chi connectivity index (χ3n) is 2.43. The summed E-state index contributed by atoms with van der Waals surface area (Å²) >= 11 is 3.22. The van der Waals surface area contributed by atoms with Crippen LogP contribution in [-0.4, -0.2) is 13.4 Å². The maximum atomic E-state index is 12.2. The van der Waals surface area contributed by atoms with Crippen LogP contribution in [0.25, 0.3) is 0 Å². The Hall–Kier alpha value is -1.60. The maximum Gasteiger partial charge on any atom is 0.264 e. The molecule has 0 radical (unpaired) electrons. The first-order valence-electron chi connectivity index (χ1n) is 5.39. The van der Waals surface area contributed by atoms with E-state index in [0.29, 0.717) is 10.2 Å². The second kappa shape index (κ2) is 5.18. The molecule has 2 aromatic rings. The van der Waals surface area contributed by atoms with Crippen LogP contribution in [0.3, 0.4) is 0 Å². The molecule has 3 N–H and O–H groups in total. The number of rotatable bonds is 3. The summed E-state index contributed by atoms with van der Waals surface area (Å²) in [6.07, 6.45) is 1.46. The summed E-state index contributed by atoms with van der Waals surface area (Å²) < 4.78 is 27.5. The number of aromatic nitrogens is 1. The summed E-state index contributed by atoms with van der Waals surface area (Å²) in [5.74, 6) is 0. The van der Waals surface area contributed by atoms with Crippen molar-refractivity contribution < 1.29 is 8.42 Å². The Kier molecular flexibility index (Phi) is 3.77. The molecule has 0 aliphatic rings. The third kappa shape index (κ3) is 3.24. The van der Waals surface area contributed by atoms with Gasteiger partial charge in [0.1, 0.15) is 4.90 Å². The molecule has 0 unspecified atom stereocenters. The monoisotopic (exact) mass is 341 g/mol. The van der Waals surface area contributed by atoms with Crippen molar-refractivity contribution in [2.24, 2.45) is 0 Å². The molecule has 0 bridgehead atoms. The third-order valence-corrected chi connectivity index (χ3v) is 4.36. The molecule has 2 rings (SSSR count). The van der Waals surface area contributed by atoms with Crippen molar-refractivity contribution in [2.45, 2.75) is 11.8 Å². The number of nitrogens with zero attached hydrogens (tertiary/aromatic N) is 1. The van der Waals surface area contributed by atoms with Gasteiger partial charge in [0.25, 0.3) is 10.0 Å². The molecule has 0 aliphatic carbocycles. The zero-order chi connectivity index (χ0) is 14.0. The van der Waals surface area contributed by atoms with Crippen molar-refractivity contribution in [3.63, 3.8) is 0 Å². The SMILES string of the molecule is Cc1ccc(NS(=O)(=O)c2cc(Br)ccc2N)cn1. The van der Waals surface area contributed by atoms with Crippen LogP contribution in [0.1, 0.15) is 5.69 Å². The number of nitrogen functional groups attached to an aromatic ring is 1. The summed E-state index contributed by atoms with van der Waals surface area (Å²) in [4.78, 5) is 4.06. The Bertz CT molecular complexity index is 699. The molecule has 5 nitrogen and oxygen atoms in total. The lowest BCUT2D eigenvalue weighted by atomic mass is 10.3. The van der Waals surface area contributed by atoms with Gasteiger partial charge >= 0.3 is 0 Å². The van der Waals surface area contributed by atoms with Crippen LogP contribution in [0, 0.1) is 6.92 Å². The second-order valence-electron chi connectivity index (χ2n) is 3.98. The number of nitrogens with two attached hydrogens (primary N) is 1. The normalized spacial score (nSPS) is 11.3. The van der Waals surface area contributed by atoms with Crippen molar-refractivity contribution in [1.82, 2.24) is 4.98 Å². The van der Waals surface area contributed by atoms with E-state index in [0.717, 1.165) is 5.69 Å². The van der Waals surface area contributed by atoms with Crippen molar-refractivity contribution in [1.29, 1.82) is 0 Å². The molecule has 0 atom stereocenters. The molecule has 100 valence electrons. The van der Waals surface area contributed by atoms with Crippen LogP contribution < -0.4 is 10.5 Å². The van der Waals surface area contributed by atoms with Crippen molar-refractivity contribution in [3.8, 4) is 0 Å². The maximum absolute atomic E-state index is 12.2. The Morgan fingerprint density at radius 3 is 2.63 bits per heavy atom. The highest BCUT2D eigenvalue weighted by Crippen LogP contribution is 2.24.